The van der Waals surface area contributed by atoms with Gasteiger partial charge in [-0.3, -0.25) is 14.2 Å². The minimum absolute atomic E-state index is 0.0131. The number of aliphatic hydroxyl groups excluding tert-OH is 1. The number of ether oxygens (including phenoxy) is 2. The van der Waals surface area contributed by atoms with Crippen molar-refractivity contribution in [2.24, 2.45) is 11.8 Å². The normalized spacial score (nSPS) is 26.6. The largest absolute Gasteiger partial charge is 0.469 e. The number of carbonyl (C=O) groups is 2. The molecule has 182 valence electrons. The summed E-state index contributed by atoms with van der Waals surface area (Å²) < 4.78 is 12.2. The molecule has 1 saturated heterocycles. The van der Waals surface area contributed by atoms with Crippen molar-refractivity contribution in [3.8, 4) is 11.8 Å². The molecule has 3 atom stereocenters. The third-order valence-electron chi connectivity index (χ3n) is 6.43. The van der Waals surface area contributed by atoms with Crippen LogP contribution in [0.15, 0.2) is 6.33 Å². The highest BCUT2D eigenvalue weighted by Crippen LogP contribution is 2.32. The number of amides is 1. The van der Waals surface area contributed by atoms with Crippen molar-refractivity contribution >= 4 is 28.9 Å². The summed E-state index contributed by atoms with van der Waals surface area (Å²) in [5.41, 5.74) is 6.85. The van der Waals surface area contributed by atoms with Gasteiger partial charge in [0.05, 0.1) is 19.4 Å². The van der Waals surface area contributed by atoms with Crippen molar-refractivity contribution < 1.29 is 24.2 Å². The number of aliphatic hydroxyl groups is 1. The van der Waals surface area contributed by atoms with E-state index in [0.717, 1.165) is 25.7 Å². The van der Waals surface area contributed by atoms with Crippen LogP contribution in [0.4, 0.5) is 5.82 Å². The Morgan fingerprint density at radius 2 is 2.09 bits per heavy atom. The summed E-state index contributed by atoms with van der Waals surface area (Å²) >= 11 is 0. The number of aromatic nitrogens is 4. The molecule has 4 N–H and O–H groups in total. The van der Waals surface area contributed by atoms with Gasteiger partial charge in [-0.1, -0.05) is 5.92 Å². The summed E-state index contributed by atoms with van der Waals surface area (Å²) in [4.78, 5) is 36.8. The molecule has 0 radical (unpaired) electrons. The minimum atomic E-state index is -0.907. The molecule has 0 bridgehead atoms. The Balaban J connectivity index is 1.47. The van der Waals surface area contributed by atoms with Crippen molar-refractivity contribution in [1.82, 2.24) is 24.8 Å². The number of nitrogens with zero attached hydrogens (tertiary/aromatic N) is 4. The molecule has 2 aromatic rings. The molecule has 11 nitrogen and oxygen atoms in total. The van der Waals surface area contributed by atoms with Gasteiger partial charge in [-0.05, 0) is 44.4 Å². The molecular weight excluding hydrogens is 440 g/mol. The highest BCUT2D eigenvalue weighted by Gasteiger charge is 2.39. The first-order valence-corrected chi connectivity index (χ1v) is 11.6. The number of methoxy groups -OCH3 is 1. The zero-order valence-electron chi connectivity index (χ0n) is 19.4. The maximum Gasteiger partial charge on any atom is 0.308 e. The summed E-state index contributed by atoms with van der Waals surface area (Å²) in [5.74, 6) is 6.55. The van der Waals surface area contributed by atoms with Crippen LogP contribution in [-0.2, 0) is 19.1 Å². The van der Waals surface area contributed by atoms with Crippen LogP contribution in [0.5, 0.6) is 0 Å². The standard InChI is InChI=1S/C23H30N6O5/c1-3-25-21(31)16-11-15(30)22(34-16)29-12-26-18-19(24)27-17(28-20(18)29)6-4-5-13-7-9-14(10-8-13)23(32)33-2/h12-16,22,30H,3,5,7-11H2,1-2H3,(H,25,31)(H2,24,27,28)/t13-,14-,15-,16+,22-/m1/s1. The fourth-order valence-electron chi connectivity index (χ4n) is 4.58. The predicted octanol–water partition coefficient (Wildman–Crippen LogP) is 0.914. The van der Waals surface area contributed by atoms with Crippen molar-refractivity contribution in [3.63, 3.8) is 0 Å². The number of nitrogen functional groups attached to an aromatic ring is 1. The SMILES string of the molecule is CCNC(=O)[C@@H]1C[C@@H](O)[C@H](n2cnc3c(N)nc(C#CC[C@H]4CC[C@H](C(=O)OC)CC4)nc32)O1. The van der Waals surface area contributed by atoms with Crippen molar-refractivity contribution in [1.29, 1.82) is 0 Å². The number of imidazole rings is 1. The summed E-state index contributed by atoms with van der Waals surface area (Å²) in [6, 6.07) is 0. The predicted molar refractivity (Wildman–Crippen MR) is 122 cm³/mol. The van der Waals surface area contributed by atoms with Gasteiger partial charge in [0.15, 0.2) is 17.7 Å². The van der Waals surface area contributed by atoms with Gasteiger partial charge >= 0.3 is 5.97 Å². The molecule has 2 aromatic heterocycles. The van der Waals surface area contributed by atoms with Crippen molar-refractivity contribution in [2.45, 2.75) is 63.9 Å². The summed E-state index contributed by atoms with van der Waals surface area (Å²) in [6.45, 7) is 2.30. The summed E-state index contributed by atoms with van der Waals surface area (Å²) in [5, 5.41) is 13.2. The number of likely N-dealkylation sites (N-methyl/N-ethyl adjacent to an activating group) is 1. The quantitative estimate of drug-likeness (QED) is 0.427. The first kappa shape index (κ1) is 23.9. The second-order valence-electron chi connectivity index (χ2n) is 8.72. The van der Waals surface area contributed by atoms with Crippen LogP contribution in [-0.4, -0.2) is 62.4 Å². The summed E-state index contributed by atoms with van der Waals surface area (Å²) in [7, 11) is 1.43. The molecule has 1 amide bonds. The smallest absolute Gasteiger partial charge is 0.308 e. The summed E-state index contributed by atoms with van der Waals surface area (Å²) in [6.07, 6.45) is 3.30. The van der Waals surface area contributed by atoms with Gasteiger partial charge in [0.1, 0.15) is 17.7 Å². The van der Waals surface area contributed by atoms with E-state index in [4.69, 9.17) is 15.2 Å². The van der Waals surface area contributed by atoms with Crippen molar-refractivity contribution in [2.75, 3.05) is 19.4 Å². The average molecular weight is 471 g/mol. The van der Waals surface area contributed by atoms with E-state index in [1.807, 2.05) is 6.92 Å². The molecule has 34 heavy (non-hydrogen) atoms. The number of carbonyl (C=O) groups excluding carboxylic acids is 2. The van der Waals surface area contributed by atoms with E-state index in [1.165, 1.54) is 13.4 Å². The van der Waals surface area contributed by atoms with Gasteiger partial charge in [-0.15, -0.1) is 0 Å². The molecular formula is C23H30N6O5. The van der Waals surface area contributed by atoms with Crippen LogP contribution in [0, 0.1) is 23.7 Å². The van der Waals surface area contributed by atoms with Crippen LogP contribution in [0.25, 0.3) is 11.2 Å². The average Bonchev–Trinajstić information content (AvgIpc) is 3.43. The number of fused-ring (bicyclic) bond motifs is 1. The van der Waals surface area contributed by atoms with E-state index in [-0.39, 0.29) is 35.9 Å². The number of anilines is 1. The number of hydrogen-bond acceptors (Lipinski definition) is 9. The Labute approximate surface area is 197 Å². The minimum Gasteiger partial charge on any atom is -0.469 e. The molecule has 11 heteroatoms. The molecule has 3 heterocycles. The first-order valence-electron chi connectivity index (χ1n) is 11.6. The lowest BCUT2D eigenvalue weighted by molar-refractivity contribution is -0.146. The first-order chi connectivity index (χ1) is 16.4. The number of esters is 1. The van der Waals surface area contributed by atoms with E-state index >= 15 is 0 Å². The lowest BCUT2D eigenvalue weighted by atomic mass is 9.81. The molecule has 1 saturated carbocycles. The molecule has 2 aliphatic rings. The van der Waals surface area contributed by atoms with Gasteiger partial charge in [-0.2, -0.15) is 0 Å². The van der Waals surface area contributed by atoms with Crippen LogP contribution >= 0.6 is 0 Å². The Hall–Kier alpha value is -3.23. The van der Waals surface area contributed by atoms with E-state index in [0.29, 0.717) is 30.0 Å². The molecule has 4 rings (SSSR count). The molecule has 0 unspecified atom stereocenters. The van der Waals surface area contributed by atoms with Crippen LogP contribution in [0.3, 0.4) is 0 Å². The second-order valence-corrected chi connectivity index (χ2v) is 8.72. The third-order valence-corrected chi connectivity index (χ3v) is 6.43. The number of hydrogen-bond donors (Lipinski definition) is 3. The number of nitrogens with two attached hydrogens (primary N) is 1. The van der Waals surface area contributed by atoms with Gasteiger partial charge in [0, 0.05) is 19.4 Å². The number of nitrogens with one attached hydrogen (secondary N) is 1. The molecule has 1 aliphatic carbocycles. The number of rotatable bonds is 5. The molecule has 1 aliphatic heterocycles. The zero-order chi connectivity index (χ0) is 24.2. The fraction of sp³-hybridized carbons (Fsp3) is 0.609. The Kier molecular flexibility index (Phi) is 7.29. The zero-order valence-corrected chi connectivity index (χ0v) is 19.4. The lowest BCUT2D eigenvalue weighted by Gasteiger charge is -2.25. The van der Waals surface area contributed by atoms with Crippen LogP contribution < -0.4 is 11.1 Å². The Bertz CT molecular complexity index is 1110. The van der Waals surface area contributed by atoms with Crippen molar-refractivity contribution in [3.05, 3.63) is 12.2 Å². The van der Waals surface area contributed by atoms with E-state index in [1.54, 1.807) is 4.57 Å². The molecule has 0 aromatic carbocycles. The van der Waals surface area contributed by atoms with Gasteiger partial charge < -0.3 is 25.6 Å². The van der Waals surface area contributed by atoms with Gasteiger partial charge in [0.25, 0.3) is 0 Å². The Morgan fingerprint density at radius 1 is 1.32 bits per heavy atom. The highest BCUT2D eigenvalue weighted by molar-refractivity contribution is 5.82. The topological polar surface area (TPSA) is 154 Å². The molecule has 0 spiro atoms. The van der Waals surface area contributed by atoms with Crippen LogP contribution in [0.2, 0.25) is 0 Å². The highest BCUT2D eigenvalue weighted by atomic mass is 16.5. The monoisotopic (exact) mass is 470 g/mol. The van der Waals surface area contributed by atoms with E-state index in [2.05, 4.69) is 32.1 Å². The van der Waals surface area contributed by atoms with E-state index in [9.17, 15) is 14.7 Å². The third kappa shape index (κ3) is 4.98. The van der Waals surface area contributed by atoms with E-state index < -0.39 is 18.4 Å². The van der Waals surface area contributed by atoms with Crippen LogP contribution in [0.1, 0.15) is 57.5 Å². The molecule has 2 fully saturated rings. The maximum atomic E-state index is 12.1. The maximum absolute atomic E-state index is 12.1. The van der Waals surface area contributed by atoms with Gasteiger partial charge in [0.2, 0.25) is 11.7 Å². The van der Waals surface area contributed by atoms with Gasteiger partial charge in [-0.25, -0.2) is 15.0 Å². The lowest BCUT2D eigenvalue weighted by Crippen LogP contribution is -2.34. The Morgan fingerprint density at radius 3 is 2.79 bits per heavy atom. The second kappa shape index (κ2) is 10.4. The fourth-order valence-corrected chi connectivity index (χ4v) is 4.58.